The normalized spacial score (nSPS) is 20.2. The van der Waals surface area contributed by atoms with Gasteiger partial charge in [0.2, 0.25) is 5.91 Å². The van der Waals surface area contributed by atoms with E-state index in [2.05, 4.69) is 24.2 Å². The molecule has 0 aromatic heterocycles. The fourth-order valence-electron chi connectivity index (χ4n) is 2.11. The summed E-state index contributed by atoms with van der Waals surface area (Å²) < 4.78 is 0. The molecule has 1 heterocycles. The summed E-state index contributed by atoms with van der Waals surface area (Å²) >= 11 is 0. The molecule has 0 spiro atoms. The monoisotopic (exact) mass is 241 g/mol. The van der Waals surface area contributed by atoms with Gasteiger partial charge in [-0.25, -0.2) is 0 Å². The molecule has 1 rings (SSSR count). The van der Waals surface area contributed by atoms with Crippen LogP contribution < -0.4 is 11.1 Å². The van der Waals surface area contributed by atoms with Crippen LogP contribution in [-0.2, 0) is 4.79 Å². The van der Waals surface area contributed by atoms with E-state index in [1.807, 2.05) is 0 Å². The van der Waals surface area contributed by atoms with E-state index in [0.717, 1.165) is 26.1 Å². The van der Waals surface area contributed by atoms with Gasteiger partial charge >= 0.3 is 0 Å². The lowest BCUT2D eigenvalue weighted by molar-refractivity contribution is -0.121. The van der Waals surface area contributed by atoms with Gasteiger partial charge in [0.25, 0.3) is 0 Å². The van der Waals surface area contributed by atoms with Gasteiger partial charge in [-0.3, -0.25) is 4.79 Å². The Hall–Kier alpha value is -0.610. The Morgan fingerprint density at radius 2 is 2.12 bits per heavy atom. The van der Waals surface area contributed by atoms with E-state index in [1.54, 1.807) is 0 Å². The highest BCUT2D eigenvalue weighted by Crippen LogP contribution is 2.14. The SMILES string of the molecule is CC(CN)CCC(=O)NCC1CCN(C)CC1. The van der Waals surface area contributed by atoms with Gasteiger partial charge in [-0.2, -0.15) is 0 Å². The minimum Gasteiger partial charge on any atom is -0.356 e. The van der Waals surface area contributed by atoms with Crippen LogP contribution in [0.5, 0.6) is 0 Å². The molecule has 1 aliphatic heterocycles. The minimum atomic E-state index is 0.184. The van der Waals surface area contributed by atoms with E-state index < -0.39 is 0 Å². The molecule has 0 aromatic carbocycles. The van der Waals surface area contributed by atoms with Crippen molar-refractivity contribution in [2.45, 2.75) is 32.6 Å². The third kappa shape index (κ3) is 6.03. The van der Waals surface area contributed by atoms with Gasteiger partial charge in [-0.15, -0.1) is 0 Å². The number of rotatable bonds is 6. The van der Waals surface area contributed by atoms with Crippen molar-refractivity contribution in [3.05, 3.63) is 0 Å². The maximum atomic E-state index is 11.6. The quantitative estimate of drug-likeness (QED) is 0.724. The van der Waals surface area contributed by atoms with Crippen molar-refractivity contribution in [1.82, 2.24) is 10.2 Å². The smallest absolute Gasteiger partial charge is 0.220 e. The first-order valence-corrected chi connectivity index (χ1v) is 6.77. The molecule has 1 amide bonds. The van der Waals surface area contributed by atoms with Crippen LogP contribution in [0, 0.1) is 11.8 Å². The number of carbonyl (C=O) groups is 1. The van der Waals surface area contributed by atoms with Crippen molar-refractivity contribution in [2.75, 3.05) is 33.2 Å². The molecule has 1 unspecified atom stereocenters. The second-order valence-electron chi connectivity index (χ2n) is 5.43. The predicted molar refractivity (Wildman–Crippen MR) is 70.7 cm³/mol. The number of nitrogens with zero attached hydrogens (tertiary/aromatic N) is 1. The Morgan fingerprint density at radius 3 is 2.71 bits per heavy atom. The summed E-state index contributed by atoms with van der Waals surface area (Å²) in [4.78, 5) is 14.0. The largest absolute Gasteiger partial charge is 0.356 e. The molecule has 0 bridgehead atoms. The van der Waals surface area contributed by atoms with Crippen molar-refractivity contribution >= 4 is 5.91 Å². The highest BCUT2D eigenvalue weighted by atomic mass is 16.1. The number of likely N-dealkylation sites (tertiary alicyclic amines) is 1. The molecule has 0 aromatic rings. The van der Waals surface area contributed by atoms with Gasteiger partial charge < -0.3 is 16.0 Å². The van der Waals surface area contributed by atoms with Crippen LogP contribution in [0.4, 0.5) is 0 Å². The summed E-state index contributed by atoms with van der Waals surface area (Å²) in [6.07, 6.45) is 3.92. The fraction of sp³-hybridized carbons (Fsp3) is 0.923. The number of nitrogens with one attached hydrogen (secondary N) is 1. The number of hydrogen-bond donors (Lipinski definition) is 2. The van der Waals surface area contributed by atoms with E-state index in [1.165, 1.54) is 12.8 Å². The number of piperidine rings is 1. The van der Waals surface area contributed by atoms with E-state index in [4.69, 9.17) is 5.73 Å². The average molecular weight is 241 g/mol. The molecule has 1 fully saturated rings. The van der Waals surface area contributed by atoms with Crippen molar-refractivity contribution in [3.8, 4) is 0 Å². The molecule has 0 radical (unpaired) electrons. The molecule has 1 aliphatic rings. The van der Waals surface area contributed by atoms with Crippen LogP contribution in [0.15, 0.2) is 0 Å². The van der Waals surface area contributed by atoms with Gasteiger partial charge in [0.15, 0.2) is 0 Å². The summed E-state index contributed by atoms with van der Waals surface area (Å²) in [5.41, 5.74) is 5.53. The van der Waals surface area contributed by atoms with E-state index in [0.29, 0.717) is 24.8 Å². The molecule has 3 N–H and O–H groups in total. The van der Waals surface area contributed by atoms with Gasteiger partial charge in [0.05, 0.1) is 0 Å². The first-order chi connectivity index (χ1) is 8.11. The predicted octanol–water partition coefficient (Wildman–Crippen LogP) is 0.819. The van der Waals surface area contributed by atoms with Crippen LogP contribution in [0.3, 0.4) is 0 Å². The van der Waals surface area contributed by atoms with Crippen molar-refractivity contribution in [3.63, 3.8) is 0 Å². The Morgan fingerprint density at radius 1 is 1.47 bits per heavy atom. The number of nitrogens with two attached hydrogens (primary N) is 1. The summed E-state index contributed by atoms with van der Waals surface area (Å²) in [5.74, 6) is 1.30. The topological polar surface area (TPSA) is 58.4 Å². The third-order valence-corrected chi connectivity index (χ3v) is 3.69. The lowest BCUT2D eigenvalue weighted by Gasteiger charge is -2.28. The van der Waals surface area contributed by atoms with E-state index in [9.17, 15) is 4.79 Å². The molecule has 17 heavy (non-hydrogen) atoms. The molecular weight excluding hydrogens is 214 g/mol. The fourth-order valence-corrected chi connectivity index (χ4v) is 2.11. The Kier molecular flexibility index (Phi) is 6.52. The highest BCUT2D eigenvalue weighted by Gasteiger charge is 2.17. The molecule has 0 aliphatic carbocycles. The van der Waals surface area contributed by atoms with Crippen LogP contribution in [0.2, 0.25) is 0 Å². The standard InChI is InChI=1S/C13H27N3O/c1-11(9-14)3-4-13(17)15-10-12-5-7-16(2)8-6-12/h11-12H,3-10,14H2,1-2H3,(H,15,17). The molecule has 1 saturated heterocycles. The molecular formula is C13H27N3O. The summed E-state index contributed by atoms with van der Waals surface area (Å²) in [5, 5.41) is 3.05. The van der Waals surface area contributed by atoms with Crippen LogP contribution in [0.25, 0.3) is 0 Å². The van der Waals surface area contributed by atoms with Crippen molar-refractivity contribution < 1.29 is 4.79 Å². The van der Waals surface area contributed by atoms with Crippen molar-refractivity contribution in [2.24, 2.45) is 17.6 Å². The molecule has 100 valence electrons. The molecule has 0 saturated carbocycles. The first kappa shape index (κ1) is 14.5. The Labute approximate surface area is 105 Å². The van der Waals surface area contributed by atoms with Crippen LogP contribution >= 0.6 is 0 Å². The second kappa shape index (κ2) is 7.67. The van der Waals surface area contributed by atoms with Crippen molar-refractivity contribution in [1.29, 1.82) is 0 Å². The molecule has 4 nitrogen and oxygen atoms in total. The zero-order valence-corrected chi connectivity index (χ0v) is 11.2. The van der Waals surface area contributed by atoms with Crippen LogP contribution in [0.1, 0.15) is 32.6 Å². The second-order valence-corrected chi connectivity index (χ2v) is 5.43. The zero-order valence-electron chi connectivity index (χ0n) is 11.2. The third-order valence-electron chi connectivity index (χ3n) is 3.69. The van der Waals surface area contributed by atoms with Crippen LogP contribution in [-0.4, -0.2) is 44.0 Å². The first-order valence-electron chi connectivity index (χ1n) is 6.77. The van der Waals surface area contributed by atoms with Gasteiger partial charge in [-0.1, -0.05) is 6.92 Å². The number of hydrogen-bond acceptors (Lipinski definition) is 3. The summed E-state index contributed by atoms with van der Waals surface area (Å²) in [7, 11) is 2.16. The van der Waals surface area contributed by atoms with Gasteiger partial charge in [0, 0.05) is 13.0 Å². The van der Waals surface area contributed by atoms with E-state index >= 15 is 0 Å². The molecule has 1 atom stereocenters. The zero-order chi connectivity index (χ0) is 12.7. The lowest BCUT2D eigenvalue weighted by atomic mass is 9.97. The molecule has 4 heteroatoms. The summed E-state index contributed by atoms with van der Waals surface area (Å²) in [6.45, 7) is 5.92. The van der Waals surface area contributed by atoms with Gasteiger partial charge in [-0.05, 0) is 57.8 Å². The Bertz CT molecular complexity index is 225. The maximum Gasteiger partial charge on any atom is 0.220 e. The average Bonchev–Trinajstić information content (AvgIpc) is 2.35. The Balaban J connectivity index is 2.07. The van der Waals surface area contributed by atoms with Gasteiger partial charge in [0.1, 0.15) is 0 Å². The highest BCUT2D eigenvalue weighted by molar-refractivity contribution is 5.75. The minimum absolute atomic E-state index is 0.184. The number of carbonyl (C=O) groups excluding carboxylic acids is 1. The summed E-state index contributed by atoms with van der Waals surface area (Å²) in [6, 6.07) is 0. The number of amides is 1. The lowest BCUT2D eigenvalue weighted by Crippen LogP contribution is -2.36. The van der Waals surface area contributed by atoms with E-state index in [-0.39, 0.29) is 5.91 Å². The maximum absolute atomic E-state index is 11.6.